The molecule has 0 saturated carbocycles. The average Bonchev–Trinajstić information content (AvgIpc) is 2.16. The second-order valence-corrected chi connectivity index (χ2v) is 4.98. The van der Waals surface area contributed by atoms with E-state index in [0.717, 1.165) is 0 Å². The molecule has 0 aromatic rings. The molecule has 0 amide bonds. The van der Waals surface area contributed by atoms with Gasteiger partial charge in [-0.3, -0.25) is 0 Å². The molecule has 14 heavy (non-hydrogen) atoms. The molecule has 0 fully saturated rings. The van der Waals surface area contributed by atoms with Crippen LogP contribution in [-0.4, -0.2) is 18.7 Å². The van der Waals surface area contributed by atoms with E-state index in [2.05, 4.69) is 6.58 Å². The van der Waals surface area contributed by atoms with Crippen molar-refractivity contribution in [3.05, 3.63) is 12.2 Å². The van der Waals surface area contributed by atoms with E-state index in [1.807, 2.05) is 0 Å². The molecule has 0 heterocycles. The fourth-order valence-corrected chi connectivity index (χ4v) is 1.85. The van der Waals surface area contributed by atoms with Crippen LogP contribution in [0.5, 0.6) is 0 Å². The summed E-state index contributed by atoms with van der Waals surface area (Å²) < 4.78 is 21.4. The van der Waals surface area contributed by atoms with Crippen molar-refractivity contribution in [1.82, 2.24) is 0 Å². The van der Waals surface area contributed by atoms with Crippen LogP contribution in [0.25, 0.3) is 0 Å². The van der Waals surface area contributed by atoms with Gasteiger partial charge in [0.15, 0.2) is 0 Å². The lowest BCUT2D eigenvalue weighted by atomic mass is 10.2. The van der Waals surface area contributed by atoms with E-state index in [1.165, 1.54) is 0 Å². The minimum Gasteiger partial charge on any atom is -0.388 e. The number of carbonyl (C=O) groups excluding carboxylic acids is 1. The third kappa shape index (κ3) is 4.07. The quantitative estimate of drug-likeness (QED) is 0.510. The standard InChI is InChI=1S/C9H17O4P/c1-5-8(4)9(10)13-14(11,7-3)12-6-2/h4-7H2,1-3H3. The molecule has 0 bridgehead atoms. The van der Waals surface area contributed by atoms with Gasteiger partial charge in [-0.05, 0) is 13.3 Å². The van der Waals surface area contributed by atoms with Crippen molar-refractivity contribution in [2.24, 2.45) is 0 Å². The monoisotopic (exact) mass is 220 g/mol. The van der Waals surface area contributed by atoms with Crippen LogP contribution in [0.4, 0.5) is 0 Å². The van der Waals surface area contributed by atoms with Gasteiger partial charge < -0.3 is 9.05 Å². The first-order chi connectivity index (χ1) is 6.49. The largest absolute Gasteiger partial charge is 0.388 e. The maximum absolute atomic E-state index is 11.7. The summed E-state index contributed by atoms with van der Waals surface area (Å²) in [6, 6.07) is 0. The normalized spacial score (nSPS) is 14.5. The van der Waals surface area contributed by atoms with Gasteiger partial charge in [-0.2, -0.15) is 0 Å². The first kappa shape index (κ1) is 13.4. The molecule has 4 nitrogen and oxygen atoms in total. The van der Waals surface area contributed by atoms with Gasteiger partial charge in [-0.1, -0.05) is 20.4 Å². The zero-order valence-corrected chi connectivity index (χ0v) is 9.80. The Morgan fingerprint density at radius 1 is 1.36 bits per heavy atom. The maximum Gasteiger partial charge on any atom is 0.381 e. The van der Waals surface area contributed by atoms with Gasteiger partial charge in [-0.15, -0.1) is 0 Å². The van der Waals surface area contributed by atoms with Crippen molar-refractivity contribution in [2.75, 3.05) is 12.8 Å². The van der Waals surface area contributed by atoms with Gasteiger partial charge >= 0.3 is 13.6 Å². The van der Waals surface area contributed by atoms with E-state index < -0.39 is 13.6 Å². The van der Waals surface area contributed by atoms with Crippen LogP contribution >= 0.6 is 7.60 Å². The molecule has 0 aliphatic heterocycles. The summed E-state index contributed by atoms with van der Waals surface area (Å²) in [5, 5.41) is 0. The number of rotatable bonds is 6. The molecular formula is C9H17O4P. The lowest BCUT2D eigenvalue weighted by molar-refractivity contribution is -0.130. The predicted molar refractivity (Wildman–Crippen MR) is 55.3 cm³/mol. The Kier molecular flexibility index (Phi) is 5.73. The number of carbonyl (C=O) groups is 1. The third-order valence-electron chi connectivity index (χ3n) is 1.65. The van der Waals surface area contributed by atoms with Gasteiger partial charge in [0.1, 0.15) is 0 Å². The van der Waals surface area contributed by atoms with Gasteiger partial charge in [-0.25, -0.2) is 9.36 Å². The molecule has 0 rings (SSSR count). The van der Waals surface area contributed by atoms with E-state index in [0.29, 0.717) is 12.0 Å². The topological polar surface area (TPSA) is 52.6 Å². The molecule has 0 N–H and O–H groups in total. The fraction of sp³-hybridized carbons (Fsp3) is 0.667. The maximum atomic E-state index is 11.7. The van der Waals surface area contributed by atoms with Crippen molar-refractivity contribution < 1.29 is 18.4 Å². The van der Waals surface area contributed by atoms with Crippen LogP contribution in [0, 0.1) is 0 Å². The zero-order chi connectivity index (χ0) is 11.2. The van der Waals surface area contributed by atoms with Crippen LogP contribution in [0.2, 0.25) is 0 Å². The molecule has 0 radical (unpaired) electrons. The number of hydrogen-bond acceptors (Lipinski definition) is 4. The first-order valence-electron chi connectivity index (χ1n) is 4.64. The van der Waals surface area contributed by atoms with Gasteiger partial charge in [0.2, 0.25) is 0 Å². The summed E-state index contributed by atoms with van der Waals surface area (Å²) in [5.74, 6) is -0.633. The van der Waals surface area contributed by atoms with E-state index in [9.17, 15) is 9.36 Å². The molecule has 5 heteroatoms. The lowest BCUT2D eigenvalue weighted by Gasteiger charge is -2.15. The molecule has 0 spiro atoms. The van der Waals surface area contributed by atoms with Crippen LogP contribution in [-0.2, 0) is 18.4 Å². The van der Waals surface area contributed by atoms with E-state index >= 15 is 0 Å². The Morgan fingerprint density at radius 3 is 2.29 bits per heavy atom. The van der Waals surface area contributed by atoms with E-state index in [4.69, 9.17) is 9.05 Å². The molecule has 1 unspecified atom stereocenters. The molecule has 0 aliphatic rings. The van der Waals surface area contributed by atoms with Crippen LogP contribution < -0.4 is 0 Å². The highest BCUT2D eigenvalue weighted by atomic mass is 31.2. The van der Waals surface area contributed by atoms with Crippen molar-refractivity contribution in [3.63, 3.8) is 0 Å². The summed E-state index contributed by atoms with van der Waals surface area (Å²) >= 11 is 0. The van der Waals surface area contributed by atoms with Crippen LogP contribution in [0.15, 0.2) is 12.2 Å². The summed E-state index contributed by atoms with van der Waals surface area (Å²) in [6.07, 6.45) is 0.665. The Balaban J connectivity index is 4.39. The minimum atomic E-state index is -3.23. The van der Waals surface area contributed by atoms with Crippen LogP contribution in [0.3, 0.4) is 0 Å². The second-order valence-electron chi connectivity index (χ2n) is 2.68. The first-order valence-corrected chi connectivity index (χ1v) is 6.37. The molecule has 82 valence electrons. The molecule has 0 aromatic carbocycles. The smallest absolute Gasteiger partial charge is 0.381 e. The van der Waals surface area contributed by atoms with Gasteiger partial charge in [0.05, 0.1) is 12.8 Å². The third-order valence-corrected chi connectivity index (χ3v) is 3.52. The zero-order valence-electron chi connectivity index (χ0n) is 8.91. The van der Waals surface area contributed by atoms with Crippen molar-refractivity contribution >= 4 is 13.6 Å². The summed E-state index contributed by atoms with van der Waals surface area (Å²) in [7, 11) is -3.23. The van der Waals surface area contributed by atoms with E-state index in [-0.39, 0.29) is 12.8 Å². The highest BCUT2D eigenvalue weighted by Crippen LogP contribution is 2.48. The van der Waals surface area contributed by atoms with E-state index in [1.54, 1.807) is 20.8 Å². The Morgan fingerprint density at radius 2 is 1.93 bits per heavy atom. The summed E-state index contributed by atoms with van der Waals surface area (Å²) in [4.78, 5) is 11.2. The van der Waals surface area contributed by atoms with Crippen molar-refractivity contribution in [3.8, 4) is 0 Å². The molecular weight excluding hydrogens is 203 g/mol. The van der Waals surface area contributed by atoms with Crippen molar-refractivity contribution in [1.29, 1.82) is 0 Å². The van der Waals surface area contributed by atoms with Crippen LogP contribution in [0.1, 0.15) is 27.2 Å². The van der Waals surface area contributed by atoms with Gasteiger partial charge in [0.25, 0.3) is 0 Å². The lowest BCUT2D eigenvalue weighted by Crippen LogP contribution is -2.08. The minimum absolute atomic E-state index is 0.184. The molecule has 0 aromatic heterocycles. The fourth-order valence-electron chi connectivity index (χ4n) is 0.714. The Hall–Kier alpha value is -0.600. The second kappa shape index (κ2) is 5.99. The Labute approximate surface area is 84.8 Å². The average molecular weight is 220 g/mol. The Bertz CT molecular complexity index is 260. The molecule has 0 saturated heterocycles. The number of hydrogen-bond donors (Lipinski definition) is 0. The molecule has 1 atom stereocenters. The SMILES string of the molecule is C=C(CC)C(=O)OP(=O)(CC)OCC. The van der Waals surface area contributed by atoms with Gasteiger partial charge in [0, 0.05) is 5.57 Å². The predicted octanol–water partition coefficient (Wildman–Crippen LogP) is 2.75. The summed E-state index contributed by atoms with van der Waals surface area (Å²) in [6.45, 7) is 8.89. The molecule has 0 aliphatic carbocycles. The highest BCUT2D eigenvalue weighted by Gasteiger charge is 2.26. The summed E-state index contributed by atoms with van der Waals surface area (Å²) in [5.41, 5.74) is 0.304. The van der Waals surface area contributed by atoms with Crippen molar-refractivity contribution in [2.45, 2.75) is 27.2 Å². The highest BCUT2D eigenvalue weighted by molar-refractivity contribution is 7.54.